The summed E-state index contributed by atoms with van der Waals surface area (Å²) < 4.78 is 2.00. The van der Waals surface area contributed by atoms with E-state index in [4.69, 9.17) is 0 Å². The number of benzene rings is 2. The van der Waals surface area contributed by atoms with E-state index in [2.05, 4.69) is 21.2 Å². The van der Waals surface area contributed by atoms with E-state index < -0.39 is 0 Å². The van der Waals surface area contributed by atoms with E-state index in [0.29, 0.717) is 5.16 Å². The number of aromatic nitrogens is 4. The van der Waals surface area contributed by atoms with Gasteiger partial charge in [0.1, 0.15) is 0 Å². The van der Waals surface area contributed by atoms with Crippen LogP contribution in [-0.2, 0) is 11.2 Å². The number of amides is 1. The van der Waals surface area contributed by atoms with Gasteiger partial charge in [0, 0.05) is 35.9 Å². The highest BCUT2D eigenvalue weighted by Gasteiger charge is 2.30. The number of hydrogen-bond acceptors (Lipinski definition) is 5. The van der Waals surface area contributed by atoms with Gasteiger partial charge in [-0.2, -0.15) is 0 Å². The lowest BCUT2D eigenvalue weighted by atomic mass is 10.2. The lowest BCUT2D eigenvalue weighted by Crippen LogP contribution is -2.35. The molecule has 1 amide bonds. The third-order valence-corrected chi connectivity index (χ3v) is 6.40. The number of thioether (sulfide) groups is 1. The van der Waals surface area contributed by atoms with Crippen LogP contribution in [0.2, 0.25) is 0 Å². The summed E-state index contributed by atoms with van der Waals surface area (Å²) in [7, 11) is 0. The van der Waals surface area contributed by atoms with Crippen LogP contribution in [0.5, 0.6) is 0 Å². The number of hydrogen-bond donors (Lipinski definition) is 0. The number of carbonyl (C=O) groups is 1. The van der Waals surface area contributed by atoms with Crippen LogP contribution >= 0.6 is 11.8 Å². The molecule has 1 atom stereocenters. The number of para-hydroxylation sites is 2. The van der Waals surface area contributed by atoms with Crippen molar-refractivity contribution >= 4 is 23.4 Å². The molecule has 0 bridgehead atoms. The zero-order valence-corrected chi connectivity index (χ0v) is 17.9. The van der Waals surface area contributed by atoms with Crippen LogP contribution in [0.3, 0.4) is 0 Å². The molecular weight excluding hydrogens is 406 g/mol. The quantitative estimate of drug-likeness (QED) is 0.442. The topological polar surface area (TPSA) is 63.9 Å². The fourth-order valence-corrected chi connectivity index (χ4v) is 4.77. The molecule has 0 N–H and O–H groups in total. The number of fused-ring (bicyclic) bond motifs is 1. The molecule has 31 heavy (non-hydrogen) atoms. The largest absolute Gasteiger partial charge is 0.311 e. The maximum Gasteiger partial charge on any atom is 0.240 e. The van der Waals surface area contributed by atoms with Crippen molar-refractivity contribution in [1.29, 1.82) is 0 Å². The van der Waals surface area contributed by atoms with Crippen molar-refractivity contribution in [2.45, 2.75) is 23.8 Å². The van der Waals surface area contributed by atoms with E-state index in [0.717, 1.165) is 35.7 Å². The molecule has 1 aliphatic heterocycles. The highest BCUT2D eigenvalue weighted by molar-refractivity contribution is 8.00. The highest BCUT2D eigenvalue weighted by atomic mass is 32.2. The molecule has 0 aliphatic carbocycles. The molecule has 0 spiro atoms. The van der Waals surface area contributed by atoms with Crippen LogP contribution in [0, 0.1) is 0 Å². The summed E-state index contributed by atoms with van der Waals surface area (Å²) >= 11 is 1.43. The van der Waals surface area contributed by atoms with E-state index >= 15 is 0 Å². The van der Waals surface area contributed by atoms with Crippen LogP contribution < -0.4 is 4.90 Å². The Morgan fingerprint density at radius 2 is 1.71 bits per heavy atom. The van der Waals surface area contributed by atoms with Crippen LogP contribution in [0.1, 0.15) is 12.5 Å². The Bertz CT molecular complexity index is 1210. The first-order chi connectivity index (χ1) is 15.2. The molecule has 5 rings (SSSR count). The van der Waals surface area contributed by atoms with Gasteiger partial charge >= 0.3 is 0 Å². The minimum Gasteiger partial charge on any atom is -0.311 e. The average Bonchev–Trinajstić information content (AvgIpc) is 3.44. The number of anilines is 1. The minimum atomic E-state index is -0.303. The molecule has 0 saturated carbocycles. The van der Waals surface area contributed by atoms with Gasteiger partial charge in [-0.15, -0.1) is 10.2 Å². The Hall–Kier alpha value is -3.45. The van der Waals surface area contributed by atoms with Crippen molar-refractivity contribution in [3.63, 3.8) is 0 Å². The summed E-state index contributed by atoms with van der Waals surface area (Å²) in [6, 6.07) is 21.9. The standard InChI is InChI=1S/C24H21N5OS/c1-17(23(30)28-16-13-18-7-5-6-10-21(18)28)31-24-27-26-22(19-11-14-25-15-12-19)29(24)20-8-3-2-4-9-20/h2-12,14-15,17H,13,16H2,1H3/t17-/m1/s1. The molecule has 0 saturated heterocycles. The molecule has 2 aromatic carbocycles. The van der Waals surface area contributed by atoms with Gasteiger partial charge in [0.05, 0.1) is 5.25 Å². The van der Waals surface area contributed by atoms with E-state index in [9.17, 15) is 4.79 Å². The molecule has 3 heterocycles. The van der Waals surface area contributed by atoms with Gasteiger partial charge in [0.2, 0.25) is 5.91 Å². The average molecular weight is 428 g/mol. The molecule has 6 nitrogen and oxygen atoms in total. The van der Waals surface area contributed by atoms with Gasteiger partial charge in [0.25, 0.3) is 0 Å². The highest BCUT2D eigenvalue weighted by Crippen LogP contribution is 2.33. The van der Waals surface area contributed by atoms with E-state index in [1.165, 1.54) is 17.3 Å². The maximum atomic E-state index is 13.3. The normalized spacial score (nSPS) is 13.8. The summed E-state index contributed by atoms with van der Waals surface area (Å²) in [6.07, 6.45) is 4.37. The van der Waals surface area contributed by atoms with Crippen molar-refractivity contribution < 1.29 is 4.79 Å². The van der Waals surface area contributed by atoms with Crippen molar-refractivity contribution in [3.05, 3.63) is 84.7 Å². The van der Waals surface area contributed by atoms with Gasteiger partial charge in [-0.1, -0.05) is 48.2 Å². The third-order valence-electron chi connectivity index (χ3n) is 5.37. The van der Waals surface area contributed by atoms with E-state index in [1.807, 2.05) is 77.1 Å². The molecular formula is C24H21N5OS. The van der Waals surface area contributed by atoms with Gasteiger partial charge < -0.3 is 4.90 Å². The van der Waals surface area contributed by atoms with E-state index in [-0.39, 0.29) is 11.2 Å². The van der Waals surface area contributed by atoms with Crippen LogP contribution in [0.25, 0.3) is 17.1 Å². The Morgan fingerprint density at radius 1 is 0.968 bits per heavy atom. The monoisotopic (exact) mass is 427 g/mol. The number of carbonyl (C=O) groups excluding carboxylic acids is 1. The second kappa shape index (κ2) is 8.35. The van der Waals surface area contributed by atoms with Crippen LogP contribution in [0.15, 0.2) is 84.3 Å². The van der Waals surface area contributed by atoms with Crippen molar-refractivity contribution in [3.8, 4) is 17.1 Å². The molecule has 154 valence electrons. The molecule has 0 unspecified atom stereocenters. The summed E-state index contributed by atoms with van der Waals surface area (Å²) in [6.45, 7) is 2.65. The fraction of sp³-hybridized carbons (Fsp3) is 0.167. The predicted molar refractivity (Wildman–Crippen MR) is 122 cm³/mol. The second-order valence-electron chi connectivity index (χ2n) is 7.34. The first kappa shape index (κ1) is 19.5. The Labute approximate surface area is 185 Å². The zero-order valence-electron chi connectivity index (χ0n) is 17.0. The summed E-state index contributed by atoms with van der Waals surface area (Å²) in [4.78, 5) is 19.3. The lowest BCUT2D eigenvalue weighted by Gasteiger charge is -2.21. The first-order valence-corrected chi connectivity index (χ1v) is 11.1. The van der Waals surface area contributed by atoms with Crippen molar-refractivity contribution in [2.75, 3.05) is 11.4 Å². The number of pyridine rings is 1. The minimum absolute atomic E-state index is 0.0861. The van der Waals surface area contributed by atoms with Crippen molar-refractivity contribution in [2.24, 2.45) is 0 Å². The smallest absolute Gasteiger partial charge is 0.240 e. The summed E-state index contributed by atoms with van der Waals surface area (Å²) in [5.41, 5.74) is 4.11. The molecule has 0 fully saturated rings. The van der Waals surface area contributed by atoms with Crippen molar-refractivity contribution in [1.82, 2.24) is 19.7 Å². The first-order valence-electron chi connectivity index (χ1n) is 10.2. The van der Waals surface area contributed by atoms with Gasteiger partial charge in [-0.3, -0.25) is 14.3 Å². The number of rotatable bonds is 5. The van der Waals surface area contributed by atoms with Gasteiger partial charge in [-0.25, -0.2) is 0 Å². The second-order valence-corrected chi connectivity index (χ2v) is 8.65. The molecule has 1 aliphatic rings. The van der Waals surface area contributed by atoms with Crippen LogP contribution in [0.4, 0.5) is 5.69 Å². The Kier molecular flexibility index (Phi) is 5.26. The lowest BCUT2D eigenvalue weighted by molar-refractivity contribution is -0.117. The summed E-state index contributed by atoms with van der Waals surface area (Å²) in [5, 5.41) is 9.28. The zero-order chi connectivity index (χ0) is 21.2. The Balaban J connectivity index is 1.47. The third kappa shape index (κ3) is 3.72. The fourth-order valence-electron chi connectivity index (χ4n) is 3.84. The molecule has 0 radical (unpaired) electrons. The SMILES string of the molecule is C[C@@H](Sc1nnc(-c2ccncc2)n1-c1ccccc1)C(=O)N1CCc2ccccc21. The van der Waals surface area contributed by atoms with Gasteiger partial charge in [0.15, 0.2) is 11.0 Å². The molecule has 7 heteroatoms. The van der Waals surface area contributed by atoms with Gasteiger partial charge in [-0.05, 0) is 49.2 Å². The number of nitrogens with zero attached hydrogens (tertiary/aromatic N) is 5. The Morgan fingerprint density at radius 3 is 2.52 bits per heavy atom. The predicted octanol–water partition coefficient (Wildman–Crippen LogP) is 4.40. The molecule has 4 aromatic rings. The maximum absolute atomic E-state index is 13.3. The van der Waals surface area contributed by atoms with Crippen LogP contribution in [-0.4, -0.2) is 37.5 Å². The van der Waals surface area contributed by atoms with E-state index in [1.54, 1.807) is 12.4 Å². The summed E-state index contributed by atoms with van der Waals surface area (Å²) in [5.74, 6) is 0.810. The molecule has 2 aromatic heterocycles.